The normalized spacial score (nSPS) is 11.5. The van der Waals surface area contributed by atoms with E-state index in [1.54, 1.807) is 76.6 Å². The Hall–Kier alpha value is -5.51. The molecule has 10 heteroatoms. The molecule has 0 bridgehead atoms. The molecule has 1 N–H and O–H groups in total. The van der Waals surface area contributed by atoms with Crippen LogP contribution in [0.1, 0.15) is 35.7 Å². The molecule has 50 heavy (non-hydrogen) atoms. The molecule has 0 aliphatic heterocycles. The summed E-state index contributed by atoms with van der Waals surface area (Å²) in [6.07, 6.45) is 1.95. The molecule has 2 atom stereocenters. The van der Waals surface area contributed by atoms with Gasteiger partial charge in [0, 0.05) is 49.0 Å². The van der Waals surface area contributed by atoms with Gasteiger partial charge < -0.3 is 34.1 Å². The van der Waals surface area contributed by atoms with Gasteiger partial charge in [0.2, 0.25) is 23.5 Å². The molecule has 4 rings (SSSR count). The summed E-state index contributed by atoms with van der Waals surface area (Å²) in [4.78, 5) is 40.3. The Kier molecular flexibility index (Phi) is 15.2. The Morgan fingerprint density at radius 3 is 1.68 bits per heavy atom. The number of hydrogen-bond donors (Lipinski definition) is 1. The van der Waals surface area contributed by atoms with E-state index in [2.05, 4.69) is 5.32 Å². The lowest BCUT2D eigenvalue weighted by molar-refractivity contribution is -0.126. The third-order valence-corrected chi connectivity index (χ3v) is 8.20. The summed E-state index contributed by atoms with van der Waals surface area (Å²) in [6.45, 7) is 3.36. The van der Waals surface area contributed by atoms with Crippen LogP contribution in [-0.4, -0.2) is 66.3 Å². The number of carbonyl (C=O) groups is 3. The van der Waals surface area contributed by atoms with Gasteiger partial charge in [-0.25, -0.2) is 0 Å². The molecule has 4 aromatic rings. The molecule has 0 unspecified atom stereocenters. The summed E-state index contributed by atoms with van der Waals surface area (Å²) >= 11 is 0. The summed E-state index contributed by atoms with van der Waals surface area (Å²) in [7, 11) is 9.73. The van der Waals surface area contributed by atoms with Gasteiger partial charge in [0.05, 0.1) is 34.1 Å². The van der Waals surface area contributed by atoms with Crippen molar-refractivity contribution in [2.45, 2.75) is 39.2 Å². The van der Waals surface area contributed by atoms with Crippen LogP contribution in [0.25, 0.3) is 0 Å². The van der Waals surface area contributed by atoms with E-state index in [4.69, 9.17) is 18.9 Å². The number of methoxy groups -OCH3 is 4. The molecule has 0 heterocycles. The average Bonchev–Trinajstić information content (AvgIpc) is 3.15. The highest BCUT2D eigenvalue weighted by Crippen LogP contribution is 2.41. The number of nitrogens with zero attached hydrogens (tertiary/aromatic N) is 2. The molecular weight excluding hydrogens is 634 g/mol. The smallest absolute Gasteiger partial charge is 0.249 e. The van der Waals surface area contributed by atoms with Crippen LogP contribution in [0.15, 0.2) is 97.1 Å². The molecule has 4 aromatic carbocycles. The van der Waals surface area contributed by atoms with Crippen LogP contribution in [0.5, 0.6) is 23.0 Å². The monoisotopic (exact) mass is 689 g/mol. The van der Waals surface area contributed by atoms with Crippen LogP contribution in [0.2, 0.25) is 0 Å². The minimum Gasteiger partial charge on any atom is -0.497 e. The van der Waals surface area contributed by atoms with E-state index in [1.165, 1.54) is 6.92 Å². The van der Waals surface area contributed by atoms with Crippen LogP contribution in [0.4, 0.5) is 11.4 Å². The van der Waals surface area contributed by atoms with Crippen LogP contribution >= 0.6 is 0 Å². The fourth-order valence-electron chi connectivity index (χ4n) is 5.40. The van der Waals surface area contributed by atoms with Gasteiger partial charge in [-0.15, -0.1) is 0 Å². The Labute approximate surface area is 300 Å². The van der Waals surface area contributed by atoms with Gasteiger partial charge in [0.15, 0.2) is 11.5 Å². The highest BCUT2D eigenvalue weighted by Gasteiger charge is 2.24. The van der Waals surface area contributed by atoms with Crippen molar-refractivity contribution in [2.24, 2.45) is 5.92 Å². The second kappa shape index (κ2) is 19.5. The van der Waals surface area contributed by atoms with Gasteiger partial charge >= 0.3 is 0 Å². The van der Waals surface area contributed by atoms with Gasteiger partial charge in [0.1, 0.15) is 11.8 Å². The molecular formula is C40H55N3O7. The van der Waals surface area contributed by atoms with Crippen molar-refractivity contribution in [2.75, 3.05) is 52.3 Å². The fraction of sp³-hybridized carbons (Fsp3) is 0.325. The molecule has 0 aromatic heterocycles. The second-order valence-electron chi connectivity index (χ2n) is 11.7. The number of hydrogen-bond acceptors (Lipinski definition) is 7. The Morgan fingerprint density at radius 2 is 1.20 bits per heavy atom. The number of benzene rings is 4. The molecule has 0 spiro atoms. The SMILES string of the molecule is COc1cc(N(C)C(=O)[C@@H](C)Cc2ccccc2)cc(OC)c1OC.COc1ccc(N(C)C(=O)[C@H](CCc2ccccc2)NC(C)=O)cc1.[HH].[HH].[HH]. The molecule has 3 amide bonds. The van der Waals surface area contributed by atoms with Gasteiger partial charge in [-0.05, 0) is 54.7 Å². The van der Waals surface area contributed by atoms with Crippen LogP contribution < -0.4 is 34.1 Å². The molecule has 0 aliphatic rings. The van der Waals surface area contributed by atoms with Gasteiger partial charge in [-0.1, -0.05) is 67.6 Å². The van der Waals surface area contributed by atoms with Crippen molar-refractivity contribution in [1.29, 1.82) is 0 Å². The summed E-state index contributed by atoms with van der Waals surface area (Å²) in [6, 6.07) is 30.1. The lowest BCUT2D eigenvalue weighted by atomic mass is 10.00. The highest BCUT2D eigenvalue weighted by atomic mass is 16.5. The standard InChI is InChI=1S/C20H24N2O3.C20H25NO4.3H2/c1-15(23)21-19(14-9-16-7-5-4-6-8-16)20(24)22(2)17-10-12-18(25-3)13-11-17;1-14(11-15-9-7-6-8-10-15)20(22)21(2)16-12-17(23-3)19(25-5)18(13-16)24-4;;;/h4-8,10-13,19H,9,14H2,1-3H3,(H,21,23);6-10,12-14H,11H2,1-5H3;3*1H/t19-;14-;;;/m00.../s1. The maximum absolute atomic E-state index is 12.8. The first kappa shape index (κ1) is 38.9. The van der Waals surface area contributed by atoms with E-state index in [-0.39, 0.29) is 27.9 Å². The molecule has 10 nitrogen and oxygen atoms in total. The third-order valence-electron chi connectivity index (χ3n) is 8.20. The molecule has 0 radical (unpaired) electrons. The van der Waals surface area contributed by atoms with Gasteiger partial charge in [-0.2, -0.15) is 0 Å². The Bertz CT molecular complexity index is 1660. The number of amides is 3. The maximum Gasteiger partial charge on any atom is 0.249 e. The van der Waals surface area contributed by atoms with Crippen molar-refractivity contribution in [1.82, 2.24) is 5.32 Å². The lowest BCUT2D eigenvalue weighted by Crippen LogP contribution is -2.47. The molecule has 0 aliphatic carbocycles. The average molecular weight is 690 g/mol. The largest absolute Gasteiger partial charge is 0.497 e. The summed E-state index contributed by atoms with van der Waals surface area (Å²) in [5, 5.41) is 2.77. The number of nitrogens with one attached hydrogen (secondary N) is 1. The predicted octanol–water partition coefficient (Wildman–Crippen LogP) is 7.09. The third kappa shape index (κ3) is 11.0. The number of anilines is 2. The van der Waals surface area contributed by atoms with Crippen molar-refractivity contribution in [3.05, 3.63) is 108 Å². The lowest BCUT2D eigenvalue weighted by Gasteiger charge is -2.24. The topological polar surface area (TPSA) is 107 Å². The molecule has 272 valence electrons. The summed E-state index contributed by atoms with van der Waals surface area (Å²) in [5.41, 5.74) is 3.72. The van der Waals surface area contributed by atoms with E-state index in [9.17, 15) is 14.4 Å². The number of ether oxygens (including phenoxy) is 4. The quantitative estimate of drug-likeness (QED) is 0.151. The van der Waals surface area contributed by atoms with Gasteiger partial charge in [0.25, 0.3) is 0 Å². The zero-order valence-electron chi connectivity index (χ0n) is 30.3. The zero-order valence-corrected chi connectivity index (χ0v) is 30.3. The minimum absolute atomic E-state index is 0. The van der Waals surface area contributed by atoms with E-state index >= 15 is 0 Å². The molecule has 0 saturated heterocycles. The van der Waals surface area contributed by atoms with Crippen molar-refractivity contribution < 1.29 is 37.6 Å². The first-order valence-electron chi connectivity index (χ1n) is 16.4. The molecule has 0 saturated carbocycles. The van der Waals surface area contributed by atoms with Crippen LogP contribution in [0, 0.1) is 5.92 Å². The van der Waals surface area contributed by atoms with Gasteiger partial charge in [-0.3, -0.25) is 14.4 Å². The number of carbonyl (C=O) groups excluding carboxylic acids is 3. The maximum atomic E-state index is 12.8. The number of aryl methyl sites for hydroxylation is 1. The first-order chi connectivity index (χ1) is 24.0. The Balaban J connectivity index is 0.000000966. The van der Waals surface area contributed by atoms with E-state index < -0.39 is 6.04 Å². The van der Waals surface area contributed by atoms with Crippen molar-refractivity contribution in [3.8, 4) is 23.0 Å². The summed E-state index contributed by atoms with van der Waals surface area (Å²) in [5.74, 6) is 1.80. The Morgan fingerprint density at radius 1 is 0.680 bits per heavy atom. The minimum atomic E-state index is -0.565. The second-order valence-corrected chi connectivity index (χ2v) is 11.7. The van der Waals surface area contributed by atoms with Crippen LogP contribution in [-0.2, 0) is 27.2 Å². The summed E-state index contributed by atoms with van der Waals surface area (Å²) < 4.78 is 21.2. The molecule has 0 fully saturated rings. The number of likely N-dealkylation sites (N-methyl/N-ethyl adjacent to an activating group) is 1. The predicted molar refractivity (Wildman–Crippen MR) is 204 cm³/mol. The van der Waals surface area contributed by atoms with Crippen molar-refractivity contribution in [3.63, 3.8) is 0 Å². The van der Waals surface area contributed by atoms with E-state index in [0.29, 0.717) is 42.2 Å². The first-order valence-corrected chi connectivity index (χ1v) is 16.4. The van der Waals surface area contributed by atoms with Crippen LogP contribution in [0.3, 0.4) is 0 Å². The van der Waals surface area contributed by atoms with E-state index in [1.807, 2.05) is 79.7 Å². The van der Waals surface area contributed by atoms with Crippen molar-refractivity contribution >= 4 is 29.1 Å². The number of rotatable bonds is 14. The fourth-order valence-corrected chi connectivity index (χ4v) is 5.40. The zero-order chi connectivity index (χ0) is 36.6. The van der Waals surface area contributed by atoms with E-state index in [0.717, 1.165) is 22.6 Å². The highest BCUT2D eigenvalue weighted by molar-refractivity contribution is 5.98.